The molecule has 2 heterocycles. The van der Waals surface area contributed by atoms with Crippen LogP contribution in [0.1, 0.15) is 12.7 Å². The summed E-state index contributed by atoms with van der Waals surface area (Å²) in [6.07, 6.45) is 0.787. The lowest BCUT2D eigenvalue weighted by Crippen LogP contribution is -1.89. The van der Waals surface area contributed by atoms with Crippen molar-refractivity contribution in [2.45, 2.75) is 13.3 Å². The van der Waals surface area contributed by atoms with Crippen LogP contribution in [-0.2, 0) is 6.42 Å². The minimum atomic E-state index is 0.148. The zero-order valence-electron chi connectivity index (χ0n) is 11.2. The number of benzene rings is 1. The van der Waals surface area contributed by atoms with E-state index >= 15 is 0 Å². The molecule has 0 atom stereocenters. The molecule has 6 heteroatoms. The minimum Gasteiger partial charge on any atom is -0.459 e. The number of nitrogens with zero attached hydrogens (tertiary/aromatic N) is 1. The number of hydrogen-bond donors (Lipinski definition) is 1. The third-order valence-electron chi connectivity index (χ3n) is 3.17. The lowest BCUT2D eigenvalue weighted by atomic mass is 10.0. The second kappa shape index (κ2) is 5.47. The molecule has 0 spiro atoms. The van der Waals surface area contributed by atoms with Gasteiger partial charge in [0.15, 0.2) is 11.5 Å². The molecule has 0 aliphatic heterocycles. The molecule has 108 valence electrons. The number of aryl methyl sites for hydroxylation is 1. The van der Waals surface area contributed by atoms with Crippen LogP contribution in [0.15, 0.2) is 39.3 Å². The number of halogens is 2. The van der Waals surface area contributed by atoms with Gasteiger partial charge in [-0.25, -0.2) is 0 Å². The van der Waals surface area contributed by atoms with Gasteiger partial charge in [0, 0.05) is 12.0 Å². The second-order valence-electron chi connectivity index (χ2n) is 4.49. The predicted molar refractivity (Wildman–Crippen MR) is 83.5 cm³/mol. The molecule has 4 nitrogen and oxygen atoms in total. The molecular weight excluding hydrogens is 311 g/mol. The van der Waals surface area contributed by atoms with Gasteiger partial charge in [0.25, 0.3) is 0 Å². The summed E-state index contributed by atoms with van der Waals surface area (Å²) >= 11 is 12.5. The predicted octanol–water partition coefficient (Wildman–Crippen LogP) is 5.05. The van der Waals surface area contributed by atoms with E-state index in [1.54, 1.807) is 18.2 Å². The monoisotopic (exact) mass is 322 g/mol. The van der Waals surface area contributed by atoms with Gasteiger partial charge < -0.3 is 14.7 Å². The van der Waals surface area contributed by atoms with Crippen LogP contribution >= 0.6 is 23.2 Å². The Bertz CT molecular complexity index is 773. The van der Waals surface area contributed by atoms with E-state index in [0.29, 0.717) is 32.6 Å². The fourth-order valence-corrected chi connectivity index (χ4v) is 2.73. The quantitative estimate of drug-likeness (QED) is 0.732. The van der Waals surface area contributed by atoms with Gasteiger partial charge in [0.2, 0.25) is 5.88 Å². The molecule has 2 aromatic heterocycles. The van der Waals surface area contributed by atoms with Crippen LogP contribution in [0.25, 0.3) is 22.6 Å². The number of nitrogens with two attached hydrogens (primary N) is 1. The van der Waals surface area contributed by atoms with Gasteiger partial charge in [-0.15, -0.1) is 0 Å². The van der Waals surface area contributed by atoms with Gasteiger partial charge in [-0.2, -0.15) is 0 Å². The molecule has 0 saturated carbocycles. The highest BCUT2D eigenvalue weighted by Gasteiger charge is 2.23. The Kier molecular flexibility index (Phi) is 3.66. The van der Waals surface area contributed by atoms with Crippen molar-refractivity contribution < 1.29 is 8.94 Å². The molecule has 21 heavy (non-hydrogen) atoms. The Hall–Kier alpha value is -1.91. The van der Waals surface area contributed by atoms with Gasteiger partial charge in [-0.1, -0.05) is 41.3 Å². The highest BCUT2D eigenvalue weighted by atomic mass is 35.5. The van der Waals surface area contributed by atoms with Crippen LogP contribution in [-0.4, -0.2) is 5.16 Å². The maximum absolute atomic E-state index is 6.24. The molecule has 0 saturated heterocycles. The number of aromatic nitrogens is 1. The Balaban J connectivity index is 2.22. The SMILES string of the molecule is CCc1ccc(-c2noc(N)c2-c2c(Cl)cccc2Cl)o1. The van der Waals surface area contributed by atoms with Gasteiger partial charge in [-0.3, -0.25) is 0 Å². The average Bonchev–Trinajstić information content (AvgIpc) is 3.06. The molecular formula is C15H12Cl2N2O2. The molecule has 2 N–H and O–H groups in total. The first-order chi connectivity index (χ1) is 10.1. The molecule has 0 unspecified atom stereocenters. The second-order valence-corrected chi connectivity index (χ2v) is 5.30. The first-order valence-corrected chi connectivity index (χ1v) is 7.16. The molecule has 0 radical (unpaired) electrons. The minimum absolute atomic E-state index is 0.148. The molecule has 3 rings (SSSR count). The van der Waals surface area contributed by atoms with Crippen LogP contribution in [0.5, 0.6) is 0 Å². The van der Waals surface area contributed by atoms with Crippen molar-refractivity contribution in [2.75, 3.05) is 5.73 Å². The number of rotatable bonds is 3. The first-order valence-electron chi connectivity index (χ1n) is 6.40. The largest absolute Gasteiger partial charge is 0.459 e. The van der Waals surface area contributed by atoms with Gasteiger partial charge in [0.1, 0.15) is 5.76 Å². The summed E-state index contributed by atoms with van der Waals surface area (Å²) in [5.41, 5.74) is 7.52. The van der Waals surface area contributed by atoms with E-state index in [4.69, 9.17) is 37.9 Å². The van der Waals surface area contributed by atoms with Crippen LogP contribution in [0.2, 0.25) is 10.0 Å². The summed E-state index contributed by atoms with van der Waals surface area (Å²) in [5, 5.41) is 4.93. The van der Waals surface area contributed by atoms with Crippen molar-refractivity contribution in [1.82, 2.24) is 5.16 Å². The zero-order chi connectivity index (χ0) is 15.0. The summed E-state index contributed by atoms with van der Waals surface area (Å²) in [5.74, 6) is 1.57. The van der Waals surface area contributed by atoms with E-state index in [-0.39, 0.29) is 5.88 Å². The normalized spacial score (nSPS) is 11.0. The van der Waals surface area contributed by atoms with Crippen LogP contribution < -0.4 is 5.73 Å². The van der Waals surface area contributed by atoms with Crippen molar-refractivity contribution in [3.63, 3.8) is 0 Å². The maximum atomic E-state index is 6.24. The van der Waals surface area contributed by atoms with Crippen LogP contribution in [0.3, 0.4) is 0 Å². The fraction of sp³-hybridized carbons (Fsp3) is 0.133. The molecule has 0 fully saturated rings. The Labute approximate surface area is 131 Å². The van der Waals surface area contributed by atoms with Gasteiger partial charge in [-0.05, 0) is 24.3 Å². The molecule has 0 aliphatic carbocycles. The molecule has 0 aliphatic rings. The Morgan fingerprint density at radius 3 is 2.43 bits per heavy atom. The number of hydrogen-bond acceptors (Lipinski definition) is 4. The standard InChI is InChI=1S/C15H12Cl2N2O2/c1-2-8-6-7-11(20-8)14-13(15(18)21-19-14)12-9(16)4-3-5-10(12)17/h3-7H,2,18H2,1H3. The Morgan fingerprint density at radius 2 is 1.81 bits per heavy atom. The zero-order valence-corrected chi connectivity index (χ0v) is 12.7. The summed E-state index contributed by atoms with van der Waals surface area (Å²) in [6.45, 7) is 2.01. The van der Waals surface area contributed by atoms with Gasteiger partial charge in [0.05, 0.1) is 15.6 Å². The lowest BCUT2D eigenvalue weighted by Gasteiger charge is -2.06. The van der Waals surface area contributed by atoms with E-state index in [2.05, 4.69) is 5.16 Å². The van der Waals surface area contributed by atoms with E-state index in [1.807, 2.05) is 19.1 Å². The summed E-state index contributed by atoms with van der Waals surface area (Å²) in [6, 6.07) is 8.94. The number of nitrogen functional groups attached to an aromatic ring is 1. The average molecular weight is 323 g/mol. The highest BCUT2D eigenvalue weighted by molar-refractivity contribution is 6.39. The summed E-state index contributed by atoms with van der Waals surface area (Å²) in [4.78, 5) is 0. The van der Waals surface area contributed by atoms with Crippen molar-refractivity contribution >= 4 is 29.1 Å². The number of furan rings is 1. The van der Waals surface area contributed by atoms with E-state index in [0.717, 1.165) is 12.2 Å². The lowest BCUT2D eigenvalue weighted by molar-refractivity contribution is 0.434. The van der Waals surface area contributed by atoms with Gasteiger partial charge >= 0.3 is 0 Å². The topological polar surface area (TPSA) is 65.2 Å². The van der Waals surface area contributed by atoms with Crippen molar-refractivity contribution in [3.8, 4) is 22.6 Å². The van der Waals surface area contributed by atoms with Crippen LogP contribution in [0.4, 0.5) is 5.88 Å². The van der Waals surface area contributed by atoms with E-state index in [1.165, 1.54) is 0 Å². The van der Waals surface area contributed by atoms with E-state index < -0.39 is 0 Å². The molecule has 0 bridgehead atoms. The smallest absolute Gasteiger partial charge is 0.230 e. The summed E-state index contributed by atoms with van der Waals surface area (Å²) < 4.78 is 10.8. The van der Waals surface area contributed by atoms with E-state index in [9.17, 15) is 0 Å². The third kappa shape index (κ3) is 2.41. The van der Waals surface area contributed by atoms with Crippen LogP contribution in [0, 0.1) is 0 Å². The summed E-state index contributed by atoms with van der Waals surface area (Å²) in [7, 11) is 0. The molecule has 0 amide bonds. The molecule has 3 aromatic rings. The van der Waals surface area contributed by atoms with Crippen molar-refractivity contribution in [3.05, 3.63) is 46.1 Å². The van der Waals surface area contributed by atoms with Crippen molar-refractivity contribution in [1.29, 1.82) is 0 Å². The molecule has 1 aromatic carbocycles. The van der Waals surface area contributed by atoms with Crippen molar-refractivity contribution in [2.24, 2.45) is 0 Å². The number of anilines is 1. The Morgan fingerprint density at radius 1 is 1.10 bits per heavy atom. The maximum Gasteiger partial charge on any atom is 0.230 e. The first kappa shape index (κ1) is 14.0. The fourth-order valence-electron chi connectivity index (χ4n) is 2.14. The third-order valence-corrected chi connectivity index (χ3v) is 3.80. The highest BCUT2D eigenvalue weighted by Crippen LogP contribution is 2.43.